The normalized spacial score (nSPS) is 11.0. The first-order valence-electron chi connectivity index (χ1n) is 7.06. The van der Waals surface area contributed by atoms with Crippen molar-refractivity contribution in [2.24, 2.45) is 0 Å². The number of ether oxygens (including phenoxy) is 1. The number of ketones is 1. The van der Waals surface area contributed by atoms with Crippen LogP contribution in [0, 0.1) is 13.8 Å². The third-order valence-electron chi connectivity index (χ3n) is 3.25. The molecule has 0 spiro atoms. The average Bonchev–Trinajstić information content (AvgIpc) is 2.50. The summed E-state index contributed by atoms with van der Waals surface area (Å²) in [5.74, 6) is 0.0318. The Morgan fingerprint density at radius 2 is 1.86 bits per heavy atom. The zero-order valence-corrected chi connectivity index (χ0v) is 12.5. The second-order valence-electron chi connectivity index (χ2n) is 5.07. The van der Waals surface area contributed by atoms with Crippen molar-refractivity contribution in [1.29, 1.82) is 0 Å². The average molecular weight is 280 g/mol. The highest BCUT2D eigenvalue weighted by Gasteiger charge is 2.08. The van der Waals surface area contributed by atoms with Gasteiger partial charge < -0.3 is 4.74 Å². The molecule has 0 aliphatic heterocycles. The zero-order chi connectivity index (χ0) is 15.1. The topological polar surface area (TPSA) is 26.3 Å². The van der Waals surface area contributed by atoms with Gasteiger partial charge in [-0.05, 0) is 31.0 Å². The van der Waals surface area contributed by atoms with Crippen LogP contribution in [0.1, 0.15) is 27.0 Å². The minimum Gasteiger partial charge on any atom is -0.369 e. The summed E-state index contributed by atoms with van der Waals surface area (Å²) in [6, 6.07) is 15.9. The third kappa shape index (κ3) is 4.69. The Kier molecular flexibility index (Phi) is 5.47. The lowest BCUT2D eigenvalue weighted by Crippen LogP contribution is -2.10. The lowest BCUT2D eigenvalue weighted by Gasteiger charge is -2.06. The van der Waals surface area contributed by atoms with Crippen molar-refractivity contribution in [1.82, 2.24) is 0 Å². The lowest BCUT2D eigenvalue weighted by atomic mass is 10.0. The van der Waals surface area contributed by atoms with Crippen LogP contribution in [0.25, 0.3) is 6.08 Å². The summed E-state index contributed by atoms with van der Waals surface area (Å²) < 4.78 is 5.43. The first-order valence-corrected chi connectivity index (χ1v) is 7.06. The quantitative estimate of drug-likeness (QED) is 0.585. The summed E-state index contributed by atoms with van der Waals surface area (Å²) in [7, 11) is 0. The third-order valence-corrected chi connectivity index (χ3v) is 3.25. The molecule has 0 N–H and O–H groups in total. The largest absolute Gasteiger partial charge is 0.369 e. The molecule has 0 saturated heterocycles. The minimum absolute atomic E-state index is 0.0318. The number of hydrogen-bond donors (Lipinski definition) is 0. The van der Waals surface area contributed by atoms with Crippen molar-refractivity contribution < 1.29 is 9.53 Å². The number of Topliss-reactive ketones (excluding diaryl/α,β-unsaturated/α-hetero) is 1. The summed E-state index contributed by atoms with van der Waals surface area (Å²) in [6.45, 7) is 4.48. The van der Waals surface area contributed by atoms with Crippen LogP contribution in [0.2, 0.25) is 0 Å². The SMILES string of the molecule is Cc1ccc(C)c(C(=O)COCC=Cc2ccccc2)c1. The van der Waals surface area contributed by atoms with Crippen molar-refractivity contribution in [3.63, 3.8) is 0 Å². The molecule has 0 amide bonds. The molecule has 0 saturated carbocycles. The van der Waals surface area contributed by atoms with Crippen LogP contribution in [0.3, 0.4) is 0 Å². The second-order valence-corrected chi connectivity index (χ2v) is 5.07. The van der Waals surface area contributed by atoms with Gasteiger partial charge in [0.1, 0.15) is 6.61 Å². The van der Waals surface area contributed by atoms with Gasteiger partial charge in [-0.2, -0.15) is 0 Å². The Balaban J connectivity index is 1.82. The standard InChI is InChI=1S/C19H20O2/c1-15-10-11-16(2)18(13-15)19(20)14-21-12-6-9-17-7-4-3-5-8-17/h3-11,13H,12,14H2,1-2H3. The van der Waals surface area contributed by atoms with Crippen LogP contribution in [-0.2, 0) is 4.74 Å². The maximum Gasteiger partial charge on any atom is 0.188 e. The molecular formula is C19H20O2. The molecule has 0 aliphatic carbocycles. The van der Waals surface area contributed by atoms with E-state index in [1.165, 1.54) is 0 Å². The van der Waals surface area contributed by atoms with Gasteiger partial charge in [-0.3, -0.25) is 4.79 Å². The highest BCUT2D eigenvalue weighted by Crippen LogP contribution is 2.11. The van der Waals surface area contributed by atoms with Gasteiger partial charge in [0, 0.05) is 5.56 Å². The fraction of sp³-hybridized carbons (Fsp3) is 0.211. The molecule has 2 heteroatoms. The highest BCUT2D eigenvalue weighted by atomic mass is 16.5. The van der Waals surface area contributed by atoms with Gasteiger partial charge >= 0.3 is 0 Å². The van der Waals surface area contributed by atoms with Crippen LogP contribution in [-0.4, -0.2) is 19.0 Å². The fourth-order valence-corrected chi connectivity index (χ4v) is 2.08. The molecule has 0 fully saturated rings. The molecule has 21 heavy (non-hydrogen) atoms. The number of aryl methyl sites for hydroxylation is 2. The maximum absolute atomic E-state index is 12.1. The van der Waals surface area contributed by atoms with Crippen LogP contribution in [0.4, 0.5) is 0 Å². The number of benzene rings is 2. The molecule has 2 aromatic rings. The number of hydrogen-bond acceptors (Lipinski definition) is 2. The van der Waals surface area contributed by atoms with Crippen molar-refractivity contribution in [3.8, 4) is 0 Å². The van der Waals surface area contributed by atoms with Gasteiger partial charge in [-0.25, -0.2) is 0 Å². The summed E-state index contributed by atoms with van der Waals surface area (Å²) in [4.78, 5) is 12.1. The summed E-state index contributed by atoms with van der Waals surface area (Å²) in [5.41, 5.74) is 3.96. The molecule has 0 heterocycles. The molecule has 0 bridgehead atoms. The fourth-order valence-electron chi connectivity index (χ4n) is 2.08. The highest BCUT2D eigenvalue weighted by molar-refractivity contribution is 5.98. The molecule has 108 valence electrons. The number of rotatable bonds is 6. The predicted octanol–water partition coefficient (Wildman–Crippen LogP) is 4.22. The zero-order valence-electron chi connectivity index (χ0n) is 12.5. The van der Waals surface area contributed by atoms with Crippen molar-refractivity contribution in [2.75, 3.05) is 13.2 Å². The monoisotopic (exact) mass is 280 g/mol. The van der Waals surface area contributed by atoms with Gasteiger partial charge in [0.15, 0.2) is 5.78 Å². The van der Waals surface area contributed by atoms with E-state index in [0.29, 0.717) is 6.61 Å². The van der Waals surface area contributed by atoms with Crippen LogP contribution < -0.4 is 0 Å². The van der Waals surface area contributed by atoms with Crippen LogP contribution in [0.5, 0.6) is 0 Å². The minimum atomic E-state index is 0.0318. The van der Waals surface area contributed by atoms with E-state index in [-0.39, 0.29) is 12.4 Å². The van der Waals surface area contributed by atoms with Crippen LogP contribution >= 0.6 is 0 Å². The van der Waals surface area contributed by atoms with Gasteiger partial charge in [-0.1, -0.05) is 60.2 Å². The summed E-state index contributed by atoms with van der Waals surface area (Å²) in [5, 5.41) is 0. The Hall–Kier alpha value is -2.19. The van der Waals surface area contributed by atoms with Crippen molar-refractivity contribution in [2.45, 2.75) is 13.8 Å². The molecular weight excluding hydrogens is 260 g/mol. The number of carbonyl (C=O) groups is 1. The summed E-state index contributed by atoms with van der Waals surface area (Å²) in [6.07, 6.45) is 3.91. The Labute approximate surface area is 126 Å². The van der Waals surface area contributed by atoms with Gasteiger partial charge in [0.2, 0.25) is 0 Å². The Bertz CT molecular complexity index is 627. The molecule has 2 rings (SSSR count). The van der Waals surface area contributed by atoms with E-state index in [4.69, 9.17) is 4.74 Å². The molecule has 0 aromatic heterocycles. The van der Waals surface area contributed by atoms with Crippen molar-refractivity contribution in [3.05, 3.63) is 76.9 Å². The summed E-state index contributed by atoms with van der Waals surface area (Å²) >= 11 is 0. The molecule has 0 aliphatic rings. The number of carbonyl (C=O) groups excluding carboxylic acids is 1. The second kappa shape index (κ2) is 7.55. The maximum atomic E-state index is 12.1. The van der Waals surface area contributed by atoms with E-state index < -0.39 is 0 Å². The first kappa shape index (κ1) is 15.2. The Morgan fingerprint density at radius 1 is 1.10 bits per heavy atom. The van der Waals surface area contributed by atoms with Crippen LogP contribution in [0.15, 0.2) is 54.6 Å². The molecule has 0 atom stereocenters. The van der Waals surface area contributed by atoms with Gasteiger partial charge in [0.25, 0.3) is 0 Å². The first-order chi connectivity index (χ1) is 10.2. The predicted molar refractivity (Wildman–Crippen MR) is 86.5 cm³/mol. The van der Waals surface area contributed by atoms with Gasteiger partial charge in [0.05, 0.1) is 6.61 Å². The van der Waals surface area contributed by atoms with E-state index in [1.54, 1.807) is 0 Å². The smallest absolute Gasteiger partial charge is 0.188 e. The molecule has 0 radical (unpaired) electrons. The lowest BCUT2D eigenvalue weighted by molar-refractivity contribution is 0.0806. The molecule has 2 aromatic carbocycles. The Morgan fingerprint density at radius 3 is 2.62 bits per heavy atom. The van der Waals surface area contributed by atoms with E-state index in [2.05, 4.69) is 0 Å². The van der Waals surface area contributed by atoms with E-state index in [0.717, 1.165) is 22.3 Å². The van der Waals surface area contributed by atoms with Gasteiger partial charge in [-0.15, -0.1) is 0 Å². The molecule has 2 nitrogen and oxygen atoms in total. The van der Waals surface area contributed by atoms with E-state index in [1.807, 2.05) is 74.5 Å². The van der Waals surface area contributed by atoms with E-state index in [9.17, 15) is 4.79 Å². The molecule has 0 unspecified atom stereocenters. The van der Waals surface area contributed by atoms with Crippen molar-refractivity contribution >= 4 is 11.9 Å². The van der Waals surface area contributed by atoms with E-state index >= 15 is 0 Å².